The molecule has 0 bridgehead atoms. The molecule has 2 amide bonds. The lowest BCUT2D eigenvalue weighted by molar-refractivity contribution is 0.0882. The van der Waals surface area contributed by atoms with Crippen LogP contribution < -0.4 is 10.6 Å². The summed E-state index contributed by atoms with van der Waals surface area (Å²) in [6.07, 6.45) is -0.206. The van der Waals surface area contributed by atoms with Gasteiger partial charge in [-0.2, -0.15) is 5.26 Å². The van der Waals surface area contributed by atoms with E-state index in [1.54, 1.807) is 13.0 Å². The molecule has 7 heteroatoms. The number of fused-ring (bicyclic) bond motifs is 1. The number of nitrogens with zero attached hydrogens (tertiary/aromatic N) is 2. The Balaban J connectivity index is 1.65. The number of rotatable bonds is 3. The van der Waals surface area contributed by atoms with E-state index in [0.717, 1.165) is 21.2 Å². The van der Waals surface area contributed by atoms with E-state index >= 15 is 0 Å². The molecule has 1 aliphatic carbocycles. The molecule has 0 fully saturated rings. The highest BCUT2D eigenvalue weighted by molar-refractivity contribution is 9.10. The predicted octanol–water partition coefficient (Wildman–Crippen LogP) is 5.60. The lowest BCUT2D eigenvalue weighted by Gasteiger charge is -2.40. The summed E-state index contributed by atoms with van der Waals surface area (Å²) >= 11 is 3.53. The van der Waals surface area contributed by atoms with Crippen LogP contribution in [0.1, 0.15) is 48.7 Å². The summed E-state index contributed by atoms with van der Waals surface area (Å²) in [7, 11) is 0. The van der Waals surface area contributed by atoms with E-state index in [4.69, 9.17) is 0 Å². The summed E-state index contributed by atoms with van der Waals surface area (Å²) in [6.45, 7) is 5.97. The highest BCUT2D eigenvalue weighted by atomic mass is 79.9. The fourth-order valence-electron chi connectivity index (χ4n) is 4.46. The predicted molar refractivity (Wildman–Crippen MR) is 132 cm³/mol. The molecule has 0 unspecified atom stereocenters. The third-order valence-corrected chi connectivity index (χ3v) is 6.58. The molecule has 0 saturated heterocycles. The largest absolute Gasteiger partial charge is 0.391 e. The van der Waals surface area contributed by atoms with E-state index < -0.39 is 18.2 Å². The van der Waals surface area contributed by atoms with Crippen LogP contribution in [-0.4, -0.2) is 22.2 Å². The van der Waals surface area contributed by atoms with Crippen LogP contribution in [0.25, 0.3) is 11.3 Å². The van der Waals surface area contributed by atoms with Gasteiger partial charge < -0.3 is 15.7 Å². The molecule has 1 aliphatic rings. The molecule has 3 N–H and O–H groups in total. The minimum atomic E-state index is -0.728. The number of hydrogen-bond acceptors (Lipinski definition) is 4. The quantitative estimate of drug-likeness (QED) is 0.432. The fraction of sp³-hybridized carbons (Fsp3) is 0.269. The van der Waals surface area contributed by atoms with Crippen molar-refractivity contribution < 1.29 is 9.90 Å². The van der Waals surface area contributed by atoms with Crippen LogP contribution in [0, 0.1) is 18.3 Å². The maximum absolute atomic E-state index is 13.1. The number of carbonyl (C=O) groups excluding carboxylic acids is 1. The van der Waals surface area contributed by atoms with Gasteiger partial charge in [0.1, 0.15) is 11.8 Å². The molecule has 2 aromatic carbocycles. The SMILES string of the molecule is Cc1cc(NC(=O)N[C@@H]2c3ccc(Br)cc3C(C)(C)C[C@H]2O)c(-c2ccccc2)nc1C#N. The van der Waals surface area contributed by atoms with Gasteiger partial charge in [-0.25, -0.2) is 9.78 Å². The van der Waals surface area contributed by atoms with Gasteiger partial charge in [-0.15, -0.1) is 0 Å². The zero-order valence-electron chi connectivity index (χ0n) is 18.7. The molecule has 0 aliphatic heterocycles. The Labute approximate surface area is 201 Å². The number of urea groups is 1. The van der Waals surface area contributed by atoms with E-state index in [1.165, 1.54) is 0 Å². The molecule has 1 aromatic heterocycles. The van der Waals surface area contributed by atoms with Gasteiger partial charge >= 0.3 is 6.03 Å². The number of aryl methyl sites for hydroxylation is 1. The Morgan fingerprint density at radius 2 is 1.94 bits per heavy atom. The second kappa shape index (κ2) is 8.97. The number of nitriles is 1. The fourth-order valence-corrected chi connectivity index (χ4v) is 4.82. The topological polar surface area (TPSA) is 98.0 Å². The number of nitrogens with one attached hydrogen (secondary N) is 2. The molecule has 2 atom stereocenters. The summed E-state index contributed by atoms with van der Waals surface area (Å²) in [5, 5.41) is 26.1. The van der Waals surface area contributed by atoms with Gasteiger partial charge in [-0.05, 0) is 53.6 Å². The van der Waals surface area contributed by atoms with Crippen molar-refractivity contribution >= 4 is 27.6 Å². The zero-order valence-corrected chi connectivity index (χ0v) is 20.3. The normalized spacial score (nSPS) is 18.7. The number of halogens is 1. The van der Waals surface area contributed by atoms with Gasteiger partial charge in [0, 0.05) is 10.0 Å². The monoisotopic (exact) mass is 504 g/mol. The average molecular weight is 505 g/mol. The van der Waals surface area contributed by atoms with Crippen molar-refractivity contribution in [3.63, 3.8) is 0 Å². The van der Waals surface area contributed by atoms with Gasteiger partial charge in [0.25, 0.3) is 0 Å². The Kier molecular flexibility index (Phi) is 6.24. The number of hydrogen-bond donors (Lipinski definition) is 3. The highest BCUT2D eigenvalue weighted by Crippen LogP contribution is 2.42. The molecule has 168 valence electrons. The van der Waals surface area contributed by atoms with E-state index in [2.05, 4.69) is 57.5 Å². The molecule has 0 radical (unpaired) electrons. The molecule has 3 aromatic rings. The maximum Gasteiger partial charge on any atom is 0.319 e. The van der Waals surface area contributed by atoms with Crippen LogP contribution >= 0.6 is 15.9 Å². The molecule has 1 heterocycles. The van der Waals surface area contributed by atoms with Crippen LogP contribution in [0.3, 0.4) is 0 Å². The number of aliphatic hydroxyl groups is 1. The minimum absolute atomic E-state index is 0.220. The van der Waals surface area contributed by atoms with Gasteiger partial charge in [0.15, 0.2) is 0 Å². The second-order valence-corrected chi connectivity index (χ2v) is 9.91. The summed E-state index contributed by atoms with van der Waals surface area (Å²) in [5.74, 6) is 0. The number of anilines is 1. The average Bonchev–Trinajstić information content (AvgIpc) is 2.77. The lowest BCUT2D eigenvalue weighted by atomic mass is 9.70. The van der Waals surface area contributed by atoms with E-state index in [0.29, 0.717) is 29.1 Å². The van der Waals surface area contributed by atoms with Crippen molar-refractivity contribution in [3.05, 3.63) is 81.5 Å². The van der Waals surface area contributed by atoms with Gasteiger partial charge in [-0.1, -0.05) is 66.2 Å². The Bertz CT molecular complexity index is 1250. The molecule has 4 rings (SSSR count). The molecular weight excluding hydrogens is 480 g/mol. The summed E-state index contributed by atoms with van der Waals surface area (Å²) in [6, 6.07) is 18.2. The molecule has 0 spiro atoms. The third kappa shape index (κ3) is 4.63. The summed E-state index contributed by atoms with van der Waals surface area (Å²) in [4.78, 5) is 17.6. The molecule has 0 saturated carbocycles. The van der Waals surface area contributed by atoms with Crippen LogP contribution in [0.2, 0.25) is 0 Å². The standard InChI is InChI=1S/C26H25BrN4O2/c1-15-11-20(23(29-21(15)14-28)16-7-5-4-6-8-16)30-25(33)31-24-18-10-9-17(27)12-19(18)26(2,3)13-22(24)32/h4-12,22,24,32H,13H2,1-3H3,(H2,30,31,33)/t22-,24-/m1/s1. The minimum Gasteiger partial charge on any atom is -0.391 e. The molecular formula is C26H25BrN4O2. The zero-order chi connectivity index (χ0) is 23.8. The number of amides is 2. The first kappa shape index (κ1) is 23.0. The number of aliphatic hydroxyl groups excluding tert-OH is 1. The van der Waals surface area contributed by atoms with Crippen LogP contribution in [0.4, 0.5) is 10.5 Å². The van der Waals surface area contributed by atoms with Gasteiger partial charge in [0.05, 0.1) is 23.5 Å². The molecule has 33 heavy (non-hydrogen) atoms. The lowest BCUT2D eigenvalue weighted by Crippen LogP contribution is -2.45. The van der Waals surface area contributed by atoms with E-state index in [1.807, 2.05) is 42.5 Å². The van der Waals surface area contributed by atoms with Gasteiger partial charge in [0.2, 0.25) is 0 Å². The van der Waals surface area contributed by atoms with Gasteiger partial charge in [-0.3, -0.25) is 0 Å². The Hall–Kier alpha value is -3.21. The Morgan fingerprint density at radius 3 is 2.64 bits per heavy atom. The number of carbonyl (C=O) groups is 1. The van der Waals surface area contributed by atoms with E-state index in [9.17, 15) is 15.2 Å². The van der Waals surface area contributed by atoms with Crippen molar-refractivity contribution in [2.45, 2.75) is 44.8 Å². The number of benzene rings is 2. The first-order chi connectivity index (χ1) is 15.7. The smallest absolute Gasteiger partial charge is 0.319 e. The number of aromatic nitrogens is 1. The highest BCUT2D eigenvalue weighted by Gasteiger charge is 2.39. The Morgan fingerprint density at radius 1 is 1.21 bits per heavy atom. The summed E-state index contributed by atoms with van der Waals surface area (Å²) in [5.41, 5.74) is 4.55. The second-order valence-electron chi connectivity index (χ2n) is 8.99. The maximum atomic E-state index is 13.1. The first-order valence-corrected chi connectivity index (χ1v) is 11.5. The number of pyridine rings is 1. The van der Waals surface area contributed by atoms with Crippen LogP contribution in [-0.2, 0) is 5.41 Å². The third-order valence-electron chi connectivity index (χ3n) is 6.08. The summed E-state index contributed by atoms with van der Waals surface area (Å²) < 4.78 is 0.959. The van der Waals surface area contributed by atoms with Crippen molar-refractivity contribution in [1.29, 1.82) is 5.26 Å². The first-order valence-electron chi connectivity index (χ1n) is 10.7. The van der Waals surface area contributed by atoms with Crippen molar-refractivity contribution in [3.8, 4) is 17.3 Å². The van der Waals surface area contributed by atoms with Crippen molar-refractivity contribution in [1.82, 2.24) is 10.3 Å². The van der Waals surface area contributed by atoms with Crippen LogP contribution in [0.15, 0.2) is 59.1 Å². The molecule has 6 nitrogen and oxygen atoms in total. The van der Waals surface area contributed by atoms with Crippen LogP contribution in [0.5, 0.6) is 0 Å². The van der Waals surface area contributed by atoms with E-state index in [-0.39, 0.29) is 5.41 Å². The van der Waals surface area contributed by atoms with Crippen molar-refractivity contribution in [2.24, 2.45) is 0 Å². The van der Waals surface area contributed by atoms with Crippen molar-refractivity contribution in [2.75, 3.05) is 5.32 Å².